The first-order valence-corrected chi connectivity index (χ1v) is 10.3. The zero-order valence-electron chi connectivity index (χ0n) is 15.4. The molecule has 1 aliphatic heterocycles. The second-order valence-corrected chi connectivity index (χ2v) is 8.33. The van der Waals surface area contributed by atoms with E-state index in [-0.39, 0.29) is 5.69 Å². The second kappa shape index (κ2) is 7.33. The Labute approximate surface area is 178 Å². The van der Waals surface area contributed by atoms with Crippen LogP contribution in [0.5, 0.6) is 0 Å². The molecule has 6 nitrogen and oxygen atoms in total. The maximum absolute atomic E-state index is 13.8. The lowest BCUT2D eigenvalue weighted by molar-refractivity contribution is 0.206. The molecule has 3 heterocycles. The van der Waals surface area contributed by atoms with Gasteiger partial charge in [-0.2, -0.15) is 4.98 Å². The van der Waals surface area contributed by atoms with Gasteiger partial charge in [-0.3, -0.25) is 0 Å². The van der Waals surface area contributed by atoms with E-state index in [4.69, 9.17) is 11.6 Å². The average molecular weight is 446 g/mol. The fraction of sp³-hybridized carbons (Fsp3) is 0.150. The van der Waals surface area contributed by atoms with Crippen LogP contribution in [-0.4, -0.2) is 32.1 Å². The van der Waals surface area contributed by atoms with Crippen molar-refractivity contribution in [1.29, 1.82) is 0 Å². The van der Waals surface area contributed by atoms with Crippen LogP contribution >= 0.6 is 22.9 Å². The number of aromatic nitrogens is 3. The summed E-state index contributed by atoms with van der Waals surface area (Å²) in [5, 5.41) is 7.70. The molecular formula is C20H14ClF2N5OS. The van der Waals surface area contributed by atoms with E-state index in [1.807, 2.05) is 16.6 Å². The summed E-state index contributed by atoms with van der Waals surface area (Å²) in [5.41, 5.74) is 1.70. The summed E-state index contributed by atoms with van der Waals surface area (Å²) in [6, 6.07) is 9.79. The Balaban J connectivity index is 1.36. The Hall–Kier alpha value is -3.04. The summed E-state index contributed by atoms with van der Waals surface area (Å²) in [6.45, 7) is 0.780. The number of hydrogen-bond donors (Lipinski definition) is 1. The fourth-order valence-electron chi connectivity index (χ4n) is 3.37. The summed E-state index contributed by atoms with van der Waals surface area (Å²) >= 11 is 7.40. The van der Waals surface area contributed by atoms with Crippen LogP contribution in [0.1, 0.15) is 10.6 Å². The minimum Gasteiger partial charge on any atom is -0.319 e. The lowest BCUT2D eigenvalue weighted by atomic mass is 10.2. The molecule has 2 aromatic heterocycles. The highest BCUT2D eigenvalue weighted by Gasteiger charge is 2.26. The molecule has 0 unspecified atom stereocenters. The molecule has 2 amide bonds. The highest BCUT2D eigenvalue weighted by atomic mass is 35.5. The molecule has 1 aliphatic rings. The van der Waals surface area contributed by atoms with Crippen LogP contribution in [0.15, 0.2) is 42.5 Å². The van der Waals surface area contributed by atoms with Crippen molar-refractivity contribution in [2.75, 3.05) is 11.9 Å². The topological polar surface area (TPSA) is 62.5 Å². The van der Waals surface area contributed by atoms with Gasteiger partial charge >= 0.3 is 6.03 Å². The number of anilines is 1. The van der Waals surface area contributed by atoms with Gasteiger partial charge in [0.25, 0.3) is 0 Å². The van der Waals surface area contributed by atoms with Crippen molar-refractivity contribution in [2.45, 2.75) is 13.0 Å². The van der Waals surface area contributed by atoms with E-state index in [9.17, 15) is 13.6 Å². The first-order valence-electron chi connectivity index (χ1n) is 9.12. The van der Waals surface area contributed by atoms with Crippen molar-refractivity contribution < 1.29 is 13.6 Å². The first-order chi connectivity index (χ1) is 14.5. The molecule has 0 fully saturated rings. The molecule has 30 heavy (non-hydrogen) atoms. The van der Waals surface area contributed by atoms with Gasteiger partial charge in [0.15, 0.2) is 5.82 Å². The SMILES string of the molecule is O=C(Nc1cc(F)ccc1F)N1CCc2c(sc3nc(-c4ccc(Cl)cc4)nn23)C1. The lowest BCUT2D eigenvalue weighted by Crippen LogP contribution is -2.39. The Morgan fingerprint density at radius 3 is 2.77 bits per heavy atom. The molecule has 0 radical (unpaired) electrons. The smallest absolute Gasteiger partial charge is 0.319 e. The molecule has 0 aliphatic carbocycles. The van der Waals surface area contributed by atoms with Crippen molar-refractivity contribution in [2.24, 2.45) is 0 Å². The van der Waals surface area contributed by atoms with E-state index in [0.717, 1.165) is 39.3 Å². The number of carbonyl (C=O) groups excluding carboxylic acids is 1. The number of amides is 2. The summed E-state index contributed by atoms with van der Waals surface area (Å²) in [5.74, 6) is -0.687. The maximum atomic E-state index is 13.8. The molecule has 1 N–H and O–H groups in total. The monoisotopic (exact) mass is 445 g/mol. The normalized spacial score (nSPS) is 13.5. The van der Waals surface area contributed by atoms with E-state index < -0.39 is 17.7 Å². The van der Waals surface area contributed by atoms with E-state index >= 15 is 0 Å². The molecule has 0 saturated carbocycles. The Bertz CT molecular complexity index is 1270. The van der Waals surface area contributed by atoms with Gasteiger partial charge in [-0.15, -0.1) is 5.10 Å². The van der Waals surface area contributed by atoms with Crippen molar-refractivity contribution in [3.05, 3.63) is 69.7 Å². The third-order valence-electron chi connectivity index (χ3n) is 4.88. The molecule has 4 aromatic rings. The van der Waals surface area contributed by atoms with Crippen LogP contribution in [0.25, 0.3) is 16.3 Å². The number of urea groups is 1. The average Bonchev–Trinajstić information content (AvgIpc) is 3.28. The predicted molar refractivity (Wildman–Crippen MR) is 111 cm³/mol. The number of carbonyl (C=O) groups is 1. The minimum atomic E-state index is -0.684. The summed E-state index contributed by atoms with van der Waals surface area (Å²) in [4.78, 5) is 20.4. The van der Waals surface area contributed by atoms with Crippen molar-refractivity contribution in [3.63, 3.8) is 0 Å². The van der Waals surface area contributed by atoms with E-state index in [0.29, 0.717) is 30.4 Å². The summed E-state index contributed by atoms with van der Waals surface area (Å²) in [7, 11) is 0. The molecule has 2 aromatic carbocycles. The number of benzene rings is 2. The Kier molecular flexibility index (Phi) is 4.63. The number of thiazole rings is 1. The highest BCUT2D eigenvalue weighted by molar-refractivity contribution is 7.17. The molecule has 10 heteroatoms. The third-order valence-corrected chi connectivity index (χ3v) is 6.19. The largest absolute Gasteiger partial charge is 0.322 e. The van der Waals surface area contributed by atoms with Gasteiger partial charge in [-0.05, 0) is 36.4 Å². The number of hydrogen-bond acceptors (Lipinski definition) is 4. The van der Waals surface area contributed by atoms with Crippen molar-refractivity contribution in [1.82, 2.24) is 19.5 Å². The van der Waals surface area contributed by atoms with E-state index in [1.54, 1.807) is 17.0 Å². The van der Waals surface area contributed by atoms with Gasteiger partial charge in [-0.1, -0.05) is 22.9 Å². The fourth-order valence-corrected chi connectivity index (χ4v) is 4.61. The van der Waals surface area contributed by atoms with Gasteiger partial charge in [0.1, 0.15) is 11.6 Å². The quantitative estimate of drug-likeness (QED) is 0.473. The van der Waals surface area contributed by atoms with Crippen LogP contribution in [0.4, 0.5) is 19.3 Å². The van der Waals surface area contributed by atoms with Crippen LogP contribution in [0.2, 0.25) is 5.02 Å². The van der Waals surface area contributed by atoms with Crippen LogP contribution in [0, 0.1) is 11.6 Å². The van der Waals surface area contributed by atoms with Crippen LogP contribution in [0.3, 0.4) is 0 Å². The van der Waals surface area contributed by atoms with Gasteiger partial charge < -0.3 is 10.2 Å². The molecule has 0 bridgehead atoms. The second-order valence-electron chi connectivity index (χ2n) is 6.83. The molecule has 0 atom stereocenters. The molecule has 152 valence electrons. The van der Waals surface area contributed by atoms with E-state index in [2.05, 4.69) is 15.4 Å². The number of halogens is 3. The van der Waals surface area contributed by atoms with Crippen molar-refractivity contribution in [3.8, 4) is 11.4 Å². The summed E-state index contributed by atoms with van der Waals surface area (Å²) < 4.78 is 29.0. The number of nitrogens with one attached hydrogen (secondary N) is 1. The predicted octanol–water partition coefficient (Wildman–Crippen LogP) is 4.98. The van der Waals surface area contributed by atoms with Crippen LogP contribution in [-0.2, 0) is 13.0 Å². The van der Waals surface area contributed by atoms with Gasteiger partial charge in [0, 0.05) is 34.5 Å². The zero-order chi connectivity index (χ0) is 20.8. The highest BCUT2D eigenvalue weighted by Crippen LogP contribution is 2.30. The van der Waals surface area contributed by atoms with Crippen molar-refractivity contribution >= 4 is 39.6 Å². The molecular weight excluding hydrogens is 432 g/mol. The van der Waals surface area contributed by atoms with E-state index in [1.165, 1.54) is 11.3 Å². The van der Waals surface area contributed by atoms with Gasteiger partial charge in [0.2, 0.25) is 4.96 Å². The molecule has 5 rings (SSSR count). The number of rotatable bonds is 2. The van der Waals surface area contributed by atoms with Gasteiger partial charge in [-0.25, -0.2) is 18.1 Å². The lowest BCUT2D eigenvalue weighted by Gasteiger charge is -2.26. The standard InChI is InChI=1S/C20H14ClF2N5OS/c21-12-3-1-11(2-4-12)18-25-20-28(26-18)16-7-8-27(10-17(16)30-20)19(29)24-15-9-13(22)5-6-14(15)23/h1-6,9H,7-8,10H2,(H,24,29). The third kappa shape index (κ3) is 3.40. The number of fused-ring (bicyclic) bond motifs is 3. The molecule has 0 saturated heterocycles. The molecule has 0 spiro atoms. The van der Waals surface area contributed by atoms with Gasteiger partial charge in [0.05, 0.1) is 17.9 Å². The zero-order valence-corrected chi connectivity index (χ0v) is 17.0. The minimum absolute atomic E-state index is 0.180. The number of nitrogens with zero attached hydrogens (tertiary/aromatic N) is 4. The maximum Gasteiger partial charge on any atom is 0.322 e. The Morgan fingerprint density at radius 2 is 1.97 bits per heavy atom. The Morgan fingerprint density at radius 1 is 1.17 bits per heavy atom. The van der Waals surface area contributed by atoms with Crippen LogP contribution < -0.4 is 5.32 Å². The summed E-state index contributed by atoms with van der Waals surface area (Å²) in [6.07, 6.45) is 0.581. The first kappa shape index (κ1) is 19.0.